The topological polar surface area (TPSA) is 84.0 Å². The first-order valence-corrected chi connectivity index (χ1v) is 3.82. The van der Waals surface area contributed by atoms with Crippen molar-refractivity contribution in [2.24, 2.45) is 0 Å². The lowest BCUT2D eigenvalue weighted by Crippen LogP contribution is -1.92. The van der Waals surface area contributed by atoms with Gasteiger partial charge in [-0.3, -0.25) is 14.9 Å². The van der Waals surface area contributed by atoms with Gasteiger partial charge in [-0.05, 0) is 12.0 Å². The van der Waals surface area contributed by atoms with E-state index < -0.39 is 4.92 Å². The highest BCUT2D eigenvalue weighted by atomic mass is 16.6. The van der Waals surface area contributed by atoms with E-state index in [1.807, 2.05) is 0 Å². The number of carbonyl (C=O) groups is 1. The van der Waals surface area contributed by atoms with Crippen molar-refractivity contribution in [3.63, 3.8) is 0 Å². The van der Waals surface area contributed by atoms with E-state index in [4.69, 9.17) is 5.26 Å². The minimum absolute atomic E-state index is 0.104. The second kappa shape index (κ2) is 4.54. The van der Waals surface area contributed by atoms with Crippen LogP contribution < -0.4 is 0 Å². The zero-order valence-electron chi connectivity index (χ0n) is 7.43. The second-order valence-electron chi connectivity index (χ2n) is 2.51. The molecule has 0 N–H and O–H groups in total. The highest BCUT2D eigenvalue weighted by molar-refractivity contribution is 5.80. The Balaban J connectivity index is 3.28. The SMILES string of the molecule is N#CC#Cc1ccc([N+](=O)[O-])cc1C=O. The summed E-state index contributed by atoms with van der Waals surface area (Å²) in [5, 5.41) is 18.6. The summed E-state index contributed by atoms with van der Waals surface area (Å²) in [6.07, 6.45) is 0.467. The summed E-state index contributed by atoms with van der Waals surface area (Å²) < 4.78 is 0. The van der Waals surface area contributed by atoms with Crippen LogP contribution >= 0.6 is 0 Å². The lowest BCUT2D eigenvalue weighted by atomic mass is 10.1. The Morgan fingerprint density at radius 1 is 1.47 bits per heavy atom. The molecule has 0 spiro atoms. The molecule has 0 bridgehead atoms. The minimum atomic E-state index is -0.603. The third kappa shape index (κ3) is 2.39. The van der Waals surface area contributed by atoms with Gasteiger partial charge in [0.25, 0.3) is 5.69 Å². The molecule has 0 aromatic heterocycles. The zero-order chi connectivity index (χ0) is 11.3. The Kier molecular flexibility index (Phi) is 3.15. The normalized spacial score (nSPS) is 8.20. The number of nitrogens with zero attached hydrogens (tertiary/aromatic N) is 2. The van der Waals surface area contributed by atoms with E-state index in [2.05, 4.69) is 11.8 Å². The van der Waals surface area contributed by atoms with E-state index in [1.165, 1.54) is 12.1 Å². The van der Waals surface area contributed by atoms with Crippen molar-refractivity contribution in [3.05, 3.63) is 39.4 Å². The molecule has 0 saturated carbocycles. The third-order valence-corrected chi connectivity index (χ3v) is 1.63. The Bertz CT molecular complexity index is 518. The molecule has 0 radical (unpaired) electrons. The summed E-state index contributed by atoms with van der Waals surface area (Å²) in [5.74, 6) is 4.53. The van der Waals surface area contributed by atoms with Gasteiger partial charge in [-0.1, -0.05) is 0 Å². The average molecular weight is 200 g/mol. The number of rotatable bonds is 2. The van der Waals surface area contributed by atoms with E-state index in [9.17, 15) is 14.9 Å². The molecule has 72 valence electrons. The van der Waals surface area contributed by atoms with E-state index in [-0.39, 0.29) is 11.3 Å². The molecule has 0 amide bonds. The average Bonchev–Trinajstić information content (AvgIpc) is 2.25. The molecule has 5 heteroatoms. The highest BCUT2D eigenvalue weighted by Crippen LogP contribution is 2.15. The maximum absolute atomic E-state index is 10.6. The van der Waals surface area contributed by atoms with Crippen LogP contribution in [0.2, 0.25) is 0 Å². The molecule has 0 aliphatic carbocycles. The standard InChI is InChI=1S/C10H4N2O3/c11-5-1-2-8-3-4-10(12(14)15)6-9(8)7-13/h3-4,6-7H. The highest BCUT2D eigenvalue weighted by Gasteiger charge is 2.08. The number of non-ortho nitro benzene ring substituents is 1. The van der Waals surface area contributed by atoms with Crippen molar-refractivity contribution in [1.82, 2.24) is 0 Å². The van der Waals surface area contributed by atoms with Crippen LogP contribution in [0.15, 0.2) is 18.2 Å². The Hall–Kier alpha value is -2.66. The summed E-state index contributed by atoms with van der Waals surface area (Å²) >= 11 is 0. The predicted molar refractivity (Wildman–Crippen MR) is 51.0 cm³/mol. The van der Waals surface area contributed by atoms with Crippen LogP contribution in [0.4, 0.5) is 5.69 Å². The van der Waals surface area contributed by atoms with Crippen molar-refractivity contribution >= 4 is 12.0 Å². The number of nitro benzene ring substituents is 1. The molecule has 1 aromatic rings. The monoisotopic (exact) mass is 200 g/mol. The molecule has 5 nitrogen and oxygen atoms in total. The first-order valence-electron chi connectivity index (χ1n) is 3.82. The number of carbonyl (C=O) groups excluding carboxylic acids is 1. The second-order valence-corrected chi connectivity index (χ2v) is 2.51. The van der Waals surface area contributed by atoms with Crippen LogP contribution in [0.5, 0.6) is 0 Å². The number of nitro groups is 1. The molecule has 1 aromatic carbocycles. The Morgan fingerprint density at radius 3 is 2.73 bits per heavy atom. The zero-order valence-corrected chi connectivity index (χ0v) is 7.43. The van der Waals surface area contributed by atoms with Crippen molar-refractivity contribution in [2.45, 2.75) is 0 Å². The number of aldehydes is 1. The van der Waals surface area contributed by atoms with Gasteiger partial charge in [-0.2, -0.15) is 5.26 Å². The van der Waals surface area contributed by atoms with Gasteiger partial charge in [0.1, 0.15) is 0 Å². The van der Waals surface area contributed by atoms with Crippen molar-refractivity contribution < 1.29 is 9.72 Å². The Morgan fingerprint density at radius 2 is 2.20 bits per heavy atom. The van der Waals surface area contributed by atoms with Gasteiger partial charge in [0.05, 0.1) is 4.92 Å². The van der Waals surface area contributed by atoms with Gasteiger partial charge < -0.3 is 0 Å². The van der Waals surface area contributed by atoms with E-state index in [1.54, 1.807) is 6.07 Å². The smallest absolute Gasteiger partial charge is 0.270 e. The summed E-state index contributed by atoms with van der Waals surface area (Å²) in [4.78, 5) is 20.4. The molecular formula is C10H4N2O3. The maximum Gasteiger partial charge on any atom is 0.270 e. The summed E-state index contributed by atoms with van der Waals surface area (Å²) in [7, 11) is 0. The van der Waals surface area contributed by atoms with E-state index >= 15 is 0 Å². The molecule has 0 fully saturated rings. The van der Waals surface area contributed by atoms with Crippen LogP contribution in [0.1, 0.15) is 15.9 Å². The van der Waals surface area contributed by atoms with Gasteiger partial charge in [0.15, 0.2) is 12.4 Å². The fourth-order valence-corrected chi connectivity index (χ4v) is 0.970. The molecular weight excluding hydrogens is 196 g/mol. The lowest BCUT2D eigenvalue weighted by molar-refractivity contribution is -0.384. The summed E-state index contributed by atoms with van der Waals surface area (Å²) in [5.41, 5.74) is 0.226. The van der Waals surface area contributed by atoms with Crippen molar-refractivity contribution in [2.75, 3.05) is 0 Å². The third-order valence-electron chi connectivity index (χ3n) is 1.63. The van der Waals surface area contributed by atoms with Gasteiger partial charge in [0.2, 0.25) is 0 Å². The number of benzene rings is 1. The molecule has 0 aliphatic rings. The van der Waals surface area contributed by atoms with E-state index in [0.29, 0.717) is 11.8 Å². The van der Waals surface area contributed by atoms with Crippen LogP contribution in [0.3, 0.4) is 0 Å². The van der Waals surface area contributed by atoms with Crippen LogP contribution in [-0.2, 0) is 0 Å². The number of hydrogen-bond acceptors (Lipinski definition) is 4. The van der Waals surface area contributed by atoms with E-state index in [0.717, 1.165) is 6.07 Å². The molecule has 0 atom stereocenters. The molecule has 0 saturated heterocycles. The van der Waals surface area contributed by atoms with Gasteiger partial charge in [0, 0.05) is 29.2 Å². The lowest BCUT2D eigenvalue weighted by Gasteiger charge is -1.95. The van der Waals surface area contributed by atoms with Crippen LogP contribution in [-0.4, -0.2) is 11.2 Å². The van der Waals surface area contributed by atoms with Gasteiger partial charge in [-0.15, -0.1) is 0 Å². The molecule has 0 heterocycles. The largest absolute Gasteiger partial charge is 0.298 e. The van der Waals surface area contributed by atoms with Crippen molar-refractivity contribution in [3.8, 4) is 17.9 Å². The molecule has 1 rings (SSSR count). The molecule has 0 unspecified atom stereocenters. The van der Waals surface area contributed by atoms with Crippen LogP contribution in [0.25, 0.3) is 0 Å². The summed E-state index contributed by atoms with van der Waals surface area (Å²) in [6, 6.07) is 5.28. The van der Waals surface area contributed by atoms with Crippen LogP contribution in [0, 0.1) is 33.3 Å². The Labute approximate surface area is 85.1 Å². The molecule has 15 heavy (non-hydrogen) atoms. The number of hydrogen-bond donors (Lipinski definition) is 0. The fourth-order valence-electron chi connectivity index (χ4n) is 0.970. The quantitative estimate of drug-likeness (QED) is 0.311. The minimum Gasteiger partial charge on any atom is -0.298 e. The van der Waals surface area contributed by atoms with Gasteiger partial charge >= 0.3 is 0 Å². The first-order chi connectivity index (χ1) is 7.19. The molecule has 0 aliphatic heterocycles. The maximum atomic E-state index is 10.6. The van der Waals surface area contributed by atoms with Gasteiger partial charge in [-0.25, -0.2) is 0 Å². The van der Waals surface area contributed by atoms with Crippen molar-refractivity contribution in [1.29, 1.82) is 5.26 Å². The number of nitriles is 1. The first kappa shape index (κ1) is 10.4. The summed E-state index contributed by atoms with van der Waals surface area (Å²) in [6.45, 7) is 0. The fraction of sp³-hybridized carbons (Fsp3) is 0. The predicted octanol–water partition coefficient (Wildman–Crippen LogP) is 1.28.